The summed E-state index contributed by atoms with van der Waals surface area (Å²) in [4.78, 5) is 26.3. The van der Waals surface area contributed by atoms with Crippen LogP contribution in [0.5, 0.6) is 0 Å². The molecule has 0 spiro atoms. The molecule has 0 fully saturated rings. The molecular formula is C17H11F2N3O3S. The van der Waals surface area contributed by atoms with Crippen LogP contribution in [-0.4, -0.2) is 15.4 Å². The number of halogens is 2. The molecule has 1 heterocycles. The third kappa shape index (κ3) is 3.57. The number of amides is 1. The minimum absolute atomic E-state index is 0.0926. The van der Waals surface area contributed by atoms with Crippen molar-refractivity contribution in [2.24, 2.45) is 12.0 Å². The zero-order valence-corrected chi connectivity index (χ0v) is 14.2. The summed E-state index contributed by atoms with van der Waals surface area (Å²) in [5.74, 6) is -2.07. The first kappa shape index (κ1) is 17.6. The standard InChI is InChI=1S/C17H11F2N3O3S/c1-21-16-13(19)8-11(18)9-14(16)26-17(21)20-15(23)6-5-10-3-2-4-12(7-10)22(24)25/h2-9H,1H3/b6-5-,20-17?. The molecule has 1 aromatic heterocycles. The van der Waals surface area contributed by atoms with Crippen molar-refractivity contribution in [3.63, 3.8) is 0 Å². The maximum atomic E-state index is 13.9. The van der Waals surface area contributed by atoms with E-state index in [1.54, 1.807) is 6.07 Å². The summed E-state index contributed by atoms with van der Waals surface area (Å²) < 4.78 is 28.9. The van der Waals surface area contributed by atoms with Crippen molar-refractivity contribution in [2.45, 2.75) is 0 Å². The molecule has 0 N–H and O–H groups in total. The van der Waals surface area contributed by atoms with Crippen molar-refractivity contribution in [2.75, 3.05) is 0 Å². The first-order chi connectivity index (χ1) is 12.3. The van der Waals surface area contributed by atoms with Crippen LogP contribution in [0.15, 0.2) is 47.5 Å². The van der Waals surface area contributed by atoms with Gasteiger partial charge in [-0.2, -0.15) is 4.99 Å². The number of non-ortho nitro benzene ring substituents is 1. The lowest BCUT2D eigenvalue weighted by molar-refractivity contribution is -0.384. The van der Waals surface area contributed by atoms with Gasteiger partial charge in [-0.05, 0) is 17.7 Å². The lowest BCUT2D eigenvalue weighted by atomic mass is 10.2. The fourth-order valence-electron chi connectivity index (χ4n) is 2.35. The van der Waals surface area contributed by atoms with Crippen LogP contribution in [0, 0.1) is 21.7 Å². The third-order valence-electron chi connectivity index (χ3n) is 3.52. The number of thiazole rings is 1. The quantitative estimate of drug-likeness (QED) is 0.399. The number of hydrogen-bond acceptors (Lipinski definition) is 4. The molecule has 0 aliphatic heterocycles. The Balaban J connectivity index is 1.93. The van der Waals surface area contributed by atoms with E-state index in [1.807, 2.05) is 0 Å². The number of nitrogens with zero attached hydrogens (tertiary/aromatic N) is 3. The van der Waals surface area contributed by atoms with Crippen LogP contribution in [0.2, 0.25) is 0 Å². The Morgan fingerprint density at radius 3 is 2.81 bits per heavy atom. The number of nitro groups is 1. The van der Waals surface area contributed by atoms with E-state index in [9.17, 15) is 23.7 Å². The van der Waals surface area contributed by atoms with Gasteiger partial charge in [-0.25, -0.2) is 8.78 Å². The summed E-state index contributed by atoms with van der Waals surface area (Å²) >= 11 is 0.981. The zero-order chi connectivity index (χ0) is 18.8. The molecule has 6 nitrogen and oxygen atoms in total. The van der Waals surface area contributed by atoms with Gasteiger partial charge in [-0.1, -0.05) is 23.5 Å². The van der Waals surface area contributed by atoms with Gasteiger partial charge in [0.25, 0.3) is 11.6 Å². The Kier molecular flexibility index (Phi) is 4.72. The smallest absolute Gasteiger partial charge is 0.272 e. The predicted octanol–water partition coefficient (Wildman–Crippen LogP) is 3.57. The van der Waals surface area contributed by atoms with Crippen molar-refractivity contribution in [1.82, 2.24) is 4.57 Å². The second kappa shape index (κ2) is 6.96. The fraction of sp³-hybridized carbons (Fsp3) is 0.0588. The molecule has 0 bridgehead atoms. The van der Waals surface area contributed by atoms with E-state index in [0.29, 0.717) is 10.3 Å². The number of nitro benzene ring substituents is 1. The Bertz CT molecular complexity index is 1130. The molecule has 0 aliphatic rings. The van der Waals surface area contributed by atoms with Crippen LogP contribution in [0.4, 0.5) is 14.5 Å². The van der Waals surface area contributed by atoms with Crippen molar-refractivity contribution in [3.05, 3.63) is 74.6 Å². The molecule has 26 heavy (non-hydrogen) atoms. The highest BCUT2D eigenvalue weighted by Crippen LogP contribution is 2.21. The second-order valence-electron chi connectivity index (χ2n) is 5.31. The monoisotopic (exact) mass is 375 g/mol. The van der Waals surface area contributed by atoms with Gasteiger partial charge in [0, 0.05) is 31.3 Å². The van der Waals surface area contributed by atoms with E-state index in [0.717, 1.165) is 23.5 Å². The molecule has 3 aromatic rings. The van der Waals surface area contributed by atoms with Crippen LogP contribution < -0.4 is 4.80 Å². The highest BCUT2D eigenvalue weighted by molar-refractivity contribution is 7.16. The zero-order valence-electron chi connectivity index (χ0n) is 13.3. The van der Waals surface area contributed by atoms with Gasteiger partial charge in [0.2, 0.25) is 0 Å². The van der Waals surface area contributed by atoms with Crippen LogP contribution >= 0.6 is 11.3 Å². The number of benzene rings is 2. The van der Waals surface area contributed by atoms with Gasteiger partial charge in [0.1, 0.15) is 5.82 Å². The highest BCUT2D eigenvalue weighted by Gasteiger charge is 2.11. The lowest BCUT2D eigenvalue weighted by Crippen LogP contribution is -2.12. The first-order valence-electron chi connectivity index (χ1n) is 7.31. The van der Waals surface area contributed by atoms with E-state index < -0.39 is 22.5 Å². The maximum Gasteiger partial charge on any atom is 0.272 e. The first-order valence-corrected chi connectivity index (χ1v) is 8.12. The van der Waals surface area contributed by atoms with Gasteiger partial charge in [-0.15, -0.1) is 0 Å². The summed E-state index contributed by atoms with van der Waals surface area (Å²) in [6, 6.07) is 7.71. The Morgan fingerprint density at radius 1 is 1.31 bits per heavy atom. The molecule has 2 aromatic carbocycles. The molecule has 0 saturated heterocycles. The van der Waals surface area contributed by atoms with E-state index >= 15 is 0 Å². The minimum atomic E-state index is -0.736. The summed E-state index contributed by atoms with van der Waals surface area (Å²) in [7, 11) is 1.52. The number of rotatable bonds is 3. The number of aryl methyl sites for hydroxylation is 1. The number of hydrogen-bond donors (Lipinski definition) is 0. The molecule has 0 atom stereocenters. The van der Waals surface area contributed by atoms with E-state index in [2.05, 4.69) is 4.99 Å². The molecular weight excluding hydrogens is 364 g/mol. The Hall–Kier alpha value is -3.20. The van der Waals surface area contributed by atoms with Crippen molar-refractivity contribution in [1.29, 1.82) is 0 Å². The molecule has 132 valence electrons. The molecule has 0 aliphatic carbocycles. The second-order valence-corrected chi connectivity index (χ2v) is 6.32. The van der Waals surface area contributed by atoms with Gasteiger partial charge in [0.15, 0.2) is 10.6 Å². The molecule has 0 radical (unpaired) electrons. The van der Waals surface area contributed by atoms with E-state index in [-0.39, 0.29) is 16.0 Å². The average Bonchev–Trinajstić information content (AvgIpc) is 2.89. The number of aromatic nitrogens is 1. The fourth-order valence-corrected chi connectivity index (χ4v) is 3.41. The van der Waals surface area contributed by atoms with Crippen molar-refractivity contribution in [3.8, 4) is 0 Å². The molecule has 1 amide bonds. The lowest BCUT2D eigenvalue weighted by Gasteiger charge is -1.97. The average molecular weight is 375 g/mol. The molecule has 0 saturated carbocycles. The summed E-state index contributed by atoms with van der Waals surface area (Å²) in [6.45, 7) is 0. The van der Waals surface area contributed by atoms with Crippen LogP contribution in [0.25, 0.3) is 16.3 Å². The predicted molar refractivity (Wildman–Crippen MR) is 93.4 cm³/mol. The van der Waals surface area contributed by atoms with Crippen molar-refractivity contribution < 1.29 is 18.5 Å². The number of carbonyl (C=O) groups excluding carboxylic acids is 1. The largest absolute Gasteiger partial charge is 0.317 e. The molecule has 0 unspecified atom stereocenters. The Morgan fingerprint density at radius 2 is 2.08 bits per heavy atom. The van der Waals surface area contributed by atoms with Crippen LogP contribution in [-0.2, 0) is 11.8 Å². The van der Waals surface area contributed by atoms with Crippen molar-refractivity contribution >= 4 is 39.2 Å². The van der Waals surface area contributed by atoms with Crippen LogP contribution in [0.1, 0.15) is 5.56 Å². The minimum Gasteiger partial charge on any atom is -0.317 e. The maximum absolute atomic E-state index is 13.9. The topological polar surface area (TPSA) is 77.5 Å². The highest BCUT2D eigenvalue weighted by atomic mass is 32.1. The SMILES string of the molecule is Cn1c(=NC(=O)/C=C\c2cccc([N+](=O)[O-])c2)sc2cc(F)cc(F)c21. The van der Waals surface area contributed by atoms with E-state index in [1.165, 1.54) is 42.0 Å². The van der Waals surface area contributed by atoms with Gasteiger partial charge < -0.3 is 4.57 Å². The summed E-state index contributed by atoms with van der Waals surface area (Å²) in [5, 5.41) is 10.7. The summed E-state index contributed by atoms with van der Waals surface area (Å²) in [6.07, 6.45) is 2.55. The summed E-state index contributed by atoms with van der Waals surface area (Å²) in [5.41, 5.74) is 0.534. The van der Waals surface area contributed by atoms with E-state index in [4.69, 9.17) is 0 Å². The molecule has 9 heteroatoms. The number of carbonyl (C=O) groups is 1. The van der Waals surface area contributed by atoms with Crippen LogP contribution in [0.3, 0.4) is 0 Å². The Labute approximate surface area is 149 Å². The third-order valence-corrected chi connectivity index (χ3v) is 4.60. The van der Waals surface area contributed by atoms with Gasteiger partial charge in [-0.3, -0.25) is 14.9 Å². The number of fused-ring (bicyclic) bond motifs is 1. The van der Waals surface area contributed by atoms with Gasteiger partial charge >= 0.3 is 0 Å². The normalized spacial score (nSPS) is 12.2. The molecule has 3 rings (SSSR count). The van der Waals surface area contributed by atoms with Gasteiger partial charge in [0.05, 0.1) is 15.1 Å².